The van der Waals surface area contributed by atoms with Crippen LogP contribution in [0.4, 0.5) is 0 Å². The summed E-state index contributed by atoms with van der Waals surface area (Å²) < 4.78 is 9.96. The highest BCUT2D eigenvalue weighted by molar-refractivity contribution is 5.99. The van der Waals surface area contributed by atoms with E-state index < -0.39 is 0 Å². The van der Waals surface area contributed by atoms with Crippen molar-refractivity contribution in [3.63, 3.8) is 0 Å². The molecular weight excluding hydrogens is 282 g/mol. The lowest BCUT2D eigenvalue weighted by molar-refractivity contribution is 0.0943. The second-order valence-corrected chi connectivity index (χ2v) is 5.17. The number of methoxy groups -OCH3 is 1. The first-order valence-electron chi connectivity index (χ1n) is 6.95. The molecule has 6 nitrogen and oxygen atoms in total. The van der Waals surface area contributed by atoms with Gasteiger partial charge in [-0.3, -0.25) is 4.79 Å². The van der Waals surface area contributed by atoms with Crippen molar-refractivity contribution >= 4 is 16.8 Å². The van der Waals surface area contributed by atoms with Crippen LogP contribution < -0.4 is 10.1 Å². The highest BCUT2D eigenvalue weighted by atomic mass is 16.5. The number of rotatable bonds is 4. The third-order valence-electron chi connectivity index (χ3n) is 3.76. The maximum Gasteiger partial charge on any atom is 0.268 e. The number of H-pyrrole nitrogens is 1. The summed E-state index contributed by atoms with van der Waals surface area (Å²) in [6, 6.07) is 7.53. The number of aryl methyl sites for hydroxylation is 2. The zero-order valence-electron chi connectivity index (χ0n) is 12.7. The largest absolute Gasteiger partial charge is 0.479 e. The molecule has 0 aliphatic carbocycles. The molecule has 0 unspecified atom stereocenters. The zero-order valence-corrected chi connectivity index (χ0v) is 12.7. The van der Waals surface area contributed by atoms with Gasteiger partial charge in [0, 0.05) is 17.0 Å². The standard InChI is InChI=1S/C16H17N3O3/c1-9-4-5-13-12(10(9)2)7-14(18-13)16(20)17-8-11-6-15(21-3)19-22-11/h4-7,18H,8H2,1-3H3,(H,17,20). The number of ether oxygens (including phenoxy) is 1. The van der Waals surface area contributed by atoms with Gasteiger partial charge in [-0.25, -0.2) is 0 Å². The summed E-state index contributed by atoms with van der Waals surface area (Å²) in [5.41, 5.74) is 3.85. The second kappa shape index (κ2) is 5.55. The number of carbonyl (C=O) groups is 1. The van der Waals surface area contributed by atoms with Gasteiger partial charge in [0.15, 0.2) is 5.76 Å². The normalized spacial score (nSPS) is 10.9. The first-order chi connectivity index (χ1) is 10.6. The zero-order chi connectivity index (χ0) is 15.7. The Morgan fingerprint density at radius 1 is 1.36 bits per heavy atom. The Bertz CT molecular complexity index is 832. The van der Waals surface area contributed by atoms with Crippen molar-refractivity contribution in [3.8, 4) is 5.88 Å². The molecule has 6 heteroatoms. The van der Waals surface area contributed by atoms with Crippen LogP contribution in [0.3, 0.4) is 0 Å². The number of benzene rings is 1. The molecule has 0 radical (unpaired) electrons. The molecule has 3 aromatic rings. The number of nitrogens with one attached hydrogen (secondary N) is 2. The summed E-state index contributed by atoms with van der Waals surface area (Å²) in [6.45, 7) is 4.36. The van der Waals surface area contributed by atoms with Crippen LogP contribution in [-0.2, 0) is 6.54 Å². The molecule has 0 atom stereocenters. The summed E-state index contributed by atoms with van der Waals surface area (Å²) >= 11 is 0. The number of fused-ring (bicyclic) bond motifs is 1. The van der Waals surface area contributed by atoms with Crippen molar-refractivity contribution in [3.05, 3.63) is 46.8 Å². The molecule has 0 saturated heterocycles. The number of hydrogen-bond donors (Lipinski definition) is 2. The van der Waals surface area contributed by atoms with Crippen LogP contribution in [0.5, 0.6) is 5.88 Å². The molecule has 0 aliphatic rings. The summed E-state index contributed by atoms with van der Waals surface area (Å²) in [5, 5.41) is 7.53. The van der Waals surface area contributed by atoms with Gasteiger partial charge in [0.2, 0.25) is 0 Å². The predicted octanol–water partition coefficient (Wildman–Crippen LogP) is 2.71. The van der Waals surface area contributed by atoms with E-state index in [4.69, 9.17) is 9.26 Å². The Kier molecular flexibility index (Phi) is 3.58. The quantitative estimate of drug-likeness (QED) is 0.776. The molecule has 0 aliphatic heterocycles. The molecule has 114 valence electrons. The minimum atomic E-state index is -0.191. The van der Waals surface area contributed by atoms with Crippen LogP contribution in [0.15, 0.2) is 28.8 Å². The van der Waals surface area contributed by atoms with Gasteiger partial charge in [-0.2, -0.15) is 0 Å². The van der Waals surface area contributed by atoms with E-state index in [1.807, 2.05) is 25.1 Å². The van der Waals surface area contributed by atoms with E-state index in [1.165, 1.54) is 18.2 Å². The number of amides is 1. The van der Waals surface area contributed by atoms with E-state index >= 15 is 0 Å². The molecule has 2 heterocycles. The third-order valence-corrected chi connectivity index (χ3v) is 3.76. The van der Waals surface area contributed by atoms with Crippen molar-refractivity contribution in [1.29, 1.82) is 0 Å². The van der Waals surface area contributed by atoms with E-state index in [2.05, 4.69) is 22.4 Å². The molecule has 22 heavy (non-hydrogen) atoms. The molecule has 0 spiro atoms. The predicted molar refractivity (Wildman–Crippen MR) is 82.0 cm³/mol. The van der Waals surface area contributed by atoms with E-state index in [-0.39, 0.29) is 12.5 Å². The van der Waals surface area contributed by atoms with Gasteiger partial charge in [-0.1, -0.05) is 6.07 Å². The fourth-order valence-corrected chi connectivity index (χ4v) is 2.32. The summed E-state index contributed by atoms with van der Waals surface area (Å²) in [4.78, 5) is 15.4. The van der Waals surface area contributed by atoms with Crippen LogP contribution in [0.2, 0.25) is 0 Å². The van der Waals surface area contributed by atoms with E-state index in [0.717, 1.165) is 10.9 Å². The lowest BCUT2D eigenvalue weighted by atomic mass is 10.1. The van der Waals surface area contributed by atoms with Crippen LogP contribution >= 0.6 is 0 Å². The molecule has 2 aromatic heterocycles. The van der Waals surface area contributed by atoms with Crippen LogP contribution in [0.25, 0.3) is 10.9 Å². The van der Waals surface area contributed by atoms with Gasteiger partial charge in [-0.05, 0) is 42.3 Å². The highest BCUT2D eigenvalue weighted by Gasteiger charge is 2.12. The van der Waals surface area contributed by atoms with Crippen LogP contribution in [0.1, 0.15) is 27.4 Å². The van der Waals surface area contributed by atoms with Crippen molar-refractivity contribution in [2.75, 3.05) is 7.11 Å². The lowest BCUT2D eigenvalue weighted by Crippen LogP contribution is -2.22. The lowest BCUT2D eigenvalue weighted by Gasteiger charge is -1.99. The van der Waals surface area contributed by atoms with Crippen molar-refractivity contribution < 1.29 is 14.1 Å². The minimum Gasteiger partial charge on any atom is -0.479 e. The Morgan fingerprint density at radius 3 is 2.91 bits per heavy atom. The van der Waals surface area contributed by atoms with Gasteiger partial charge in [0.05, 0.1) is 13.7 Å². The Labute approximate surface area is 127 Å². The smallest absolute Gasteiger partial charge is 0.268 e. The SMILES string of the molecule is COc1cc(CNC(=O)c2cc3c(C)c(C)ccc3[nH]2)on1. The Morgan fingerprint density at radius 2 is 2.18 bits per heavy atom. The maximum atomic E-state index is 12.2. The van der Waals surface area contributed by atoms with Gasteiger partial charge in [-0.15, -0.1) is 0 Å². The van der Waals surface area contributed by atoms with Crippen molar-refractivity contribution in [1.82, 2.24) is 15.5 Å². The molecule has 1 amide bonds. The average molecular weight is 299 g/mol. The highest BCUT2D eigenvalue weighted by Crippen LogP contribution is 2.22. The Hall–Kier alpha value is -2.76. The van der Waals surface area contributed by atoms with Crippen molar-refractivity contribution in [2.24, 2.45) is 0 Å². The van der Waals surface area contributed by atoms with E-state index in [1.54, 1.807) is 6.07 Å². The number of nitrogens with zero attached hydrogens (tertiary/aromatic N) is 1. The first kappa shape index (κ1) is 14.2. The molecule has 2 N–H and O–H groups in total. The molecule has 0 saturated carbocycles. The van der Waals surface area contributed by atoms with Gasteiger partial charge < -0.3 is 19.6 Å². The van der Waals surface area contributed by atoms with Gasteiger partial charge >= 0.3 is 0 Å². The summed E-state index contributed by atoms with van der Waals surface area (Å²) in [7, 11) is 1.51. The molecule has 3 rings (SSSR count). The number of aromatic nitrogens is 2. The van der Waals surface area contributed by atoms with Crippen LogP contribution in [-0.4, -0.2) is 23.2 Å². The van der Waals surface area contributed by atoms with E-state index in [9.17, 15) is 4.79 Å². The third kappa shape index (κ3) is 2.55. The monoisotopic (exact) mass is 299 g/mol. The van der Waals surface area contributed by atoms with Crippen molar-refractivity contribution in [2.45, 2.75) is 20.4 Å². The molecule has 0 fully saturated rings. The van der Waals surface area contributed by atoms with Gasteiger partial charge in [0.1, 0.15) is 5.69 Å². The summed E-state index contributed by atoms with van der Waals surface area (Å²) in [6.07, 6.45) is 0. The van der Waals surface area contributed by atoms with Crippen LogP contribution in [0, 0.1) is 13.8 Å². The Balaban J connectivity index is 1.76. The second-order valence-electron chi connectivity index (χ2n) is 5.17. The fraction of sp³-hybridized carbons (Fsp3) is 0.250. The molecule has 1 aromatic carbocycles. The number of hydrogen-bond acceptors (Lipinski definition) is 4. The van der Waals surface area contributed by atoms with Gasteiger partial charge in [0.25, 0.3) is 11.8 Å². The number of carbonyl (C=O) groups excluding carboxylic acids is 1. The molecule has 0 bridgehead atoms. The first-order valence-corrected chi connectivity index (χ1v) is 6.95. The summed E-state index contributed by atoms with van der Waals surface area (Å²) in [5.74, 6) is 0.734. The molecular formula is C16H17N3O3. The van der Waals surface area contributed by atoms with E-state index in [0.29, 0.717) is 17.3 Å². The number of aromatic amines is 1. The average Bonchev–Trinajstić information content (AvgIpc) is 3.15. The maximum absolute atomic E-state index is 12.2. The minimum absolute atomic E-state index is 0.191. The topological polar surface area (TPSA) is 80.1 Å². The fourth-order valence-electron chi connectivity index (χ4n) is 2.32.